The molecule has 0 aliphatic rings. The van der Waals surface area contributed by atoms with Crippen molar-refractivity contribution in [2.45, 2.75) is 6.54 Å². The van der Waals surface area contributed by atoms with Gasteiger partial charge in [0.2, 0.25) is 0 Å². The third kappa shape index (κ3) is 7.01. The van der Waals surface area contributed by atoms with Crippen LogP contribution in [0.2, 0.25) is 5.02 Å². The van der Waals surface area contributed by atoms with Crippen LogP contribution in [0.1, 0.15) is 11.1 Å². The minimum Gasteiger partial charge on any atom is -0.493 e. The molecule has 0 spiro atoms. The van der Waals surface area contributed by atoms with Gasteiger partial charge in [0.25, 0.3) is 5.91 Å². The molecule has 0 aromatic heterocycles. The first-order valence-electron chi connectivity index (χ1n) is 9.41. The summed E-state index contributed by atoms with van der Waals surface area (Å²) in [6.07, 6.45) is 1.65. The minimum absolute atomic E-state index is 0.132. The summed E-state index contributed by atoms with van der Waals surface area (Å²) in [6, 6.07) is 20.5. The molecule has 31 heavy (non-hydrogen) atoms. The van der Waals surface area contributed by atoms with Gasteiger partial charge in [-0.2, -0.15) is 5.10 Å². The number of ether oxygens (including phenoxy) is 2. The Kier molecular flexibility index (Phi) is 8.32. The van der Waals surface area contributed by atoms with Crippen molar-refractivity contribution >= 4 is 45.3 Å². The topological polar surface area (TPSA) is 71.9 Å². The summed E-state index contributed by atoms with van der Waals surface area (Å²) in [5.74, 6) is 0.703. The molecular formula is C23H21BrClN3O3. The number of carbonyl (C=O) groups is 1. The SMILES string of the molecule is COc1cc(/C=N\Nc2ccc(Cl)cc2)cc(Br)c1OCC(=O)NCc1ccccc1. The average molecular weight is 503 g/mol. The van der Waals surface area contributed by atoms with E-state index in [2.05, 4.69) is 31.8 Å². The molecule has 160 valence electrons. The number of hydrogen-bond donors (Lipinski definition) is 2. The molecule has 0 radical (unpaired) electrons. The van der Waals surface area contributed by atoms with Gasteiger partial charge in [0.1, 0.15) is 0 Å². The number of rotatable bonds is 9. The highest BCUT2D eigenvalue weighted by atomic mass is 79.9. The van der Waals surface area contributed by atoms with Crippen LogP contribution in [0.4, 0.5) is 5.69 Å². The fraction of sp³-hybridized carbons (Fsp3) is 0.130. The molecule has 8 heteroatoms. The zero-order valence-corrected chi connectivity index (χ0v) is 19.1. The molecule has 0 heterocycles. The molecule has 2 N–H and O–H groups in total. The number of hydrogen-bond acceptors (Lipinski definition) is 5. The number of benzene rings is 3. The molecular weight excluding hydrogens is 482 g/mol. The summed E-state index contributed by atoms with van der Waals surface area (Å²) < 4.78 is 11.8. The van der Waals surface area contributed by atoms with E-state index in [9.17, 15) is 4.79 Å². The Hall–Kier alpha value is -3.03. The van der Waals surface area contributed by atoms with Crippen LogP contribution >= 0.6 is 27.5 Å². The number of hydrazone groups is 1. The number of anilines is 1. The third-order valence-electron chi connectivity index (χ3n) is 4.18. The van der Waals surface area contributed by atoms with Crippen LogP contribution in [0.3, 0.4) is 0 Å². The van der Waals surface area contributed by atoms with Crippen molar-refractivity contribution in [3.05, 3.63) is 87.4 Å². The summed E-state index contributed by atoms with van der Waals surface area (Å²) in [7, 11) is 1.54. The van der Waals surface area contributed by atoms with Crippen LogP contribution in [-0.2, 0) is 11.3 Å². The first-order valence-corrected chi connectivity index (χ1v) is 10.6. The predicted octanol–water partition coefficient (Wildman–Crippen LogP) is 5.25. The van der Waals surface area contributed by atoms with Crippen molar-refractivity contribution in [3.8, 4) is 11.5 Å². The number of nitrogens with zero attached hydrogens (tertiary/aromatic N) is 1. The van der Waals surface area contributed by atoms with Crippen LogP contribution in [-0.4, -0.2) is 25.8 Å². The lowest BCUT2D eigenvalue weighted by Gasteiger charge is -2.13. The van der Waals surface area contributed by atoms with Gasteiger partial charge in [0.15, 0.2) is 18.1 Å². The first kappa shape index (κ1) is 22.7. The van der Waals surface area contributed by atoms with Gasteiger partial charge >= 0.3 is 0 Å². The minimum atomic E-state index is -0.226. The van der Waals surface area contributed by atoms with Crippen LogP contribution < -0.4 is 20.2 Å². The highest BCUT2D eigenvalue weighted by Gasteiger charge is 2.13. The van der Waals surface area contributed by atoms with E-state index >= 15 is 0 Å². The summed E-state index contributed by atoms with van der Waals surface area (Å²) in [5.41, 5.74) is 5.55. The van der Waals surface area contributed by atoms with Gasteiger partial charge in [-0.3, -0.25) is 10.2 Å². The van der Waals surface area contributed by atoms with Gasteiger partial charge in [-0.25, -0.2) is 0 Å². The van der Waals surface area contributed by atoms with Crippen molar-refractivity contribution in [2.75, 3.05) is 19.1 Å². The van der Waals surface area contributed by atoms with E-state index in [0.29, 0.717) is 27.5 Å². The standard InChI is InChI=1S/C23H21BrClN3O3/c1-30-21-12-17(14-27-28-19-9-7-18(25)8-10-19)11-20(24)23(21)31-15-22(29)26-13-16-5-3-2-4-6-16/h2-12,14,28H,13,15H2,1H3,(H,26,29)/b27-14-. The van der Waals surface area contributed by atoms with Crippen LogP contribution in [0.5, 0.6) is 11.5 Å². The summed E-state index contributed by atoms with van der Waals surface area (Å²) in [4.78, 5) is 12.1. The Morgan fingerprint density at radius 1 is 1.13 bits per heavy atom. The van der Waals surface area contributed by atoms with Gasteiger partial charge in [0.05, 0.1) is 23.5 Å². The summed E-state index contributed by atoms with van der Waals surface area (Å²) in [5, 5.41) is 7.70. The zero-order chi connectivity index (χ0) is 22.1. The molecule has 0 saturated heterocycles. The van der Waals surface area contributed by atoms with E-state index in [-0.39, 0.29) is 12.5 Å². The van der Waals surface area contributed by atoms with Crippen LogP contribution in [0, 0.1) is 0 Å². The normalized spacial score (nSPS) is 10.7. The first-order chi connectivity index (χ1) is 15.0. The third-order valence-corrected chi connectivity index (χ3v) is 5.02. The Balaban J connectivity index is 1.58. The van der Waals surface area contributed by atoms with Crippen molar-refractivity contribution in [1.82, 2.24) is 5.32 Å². The second-order valence-corrected chi connectivity index (χ2v) is 7.75. The van der Waals surface area contributed by atoms with E-state index in [4.69, 9.17) is 21.1 Å². The number of halogens is 2. The monoisotopic (exact) mass is 501 g/mol. The molecule has 1 amide bonds. The molecule has 0 aliphatic carbocycles. The Bertz CT molecular complexity index is 1040. The van der Waals surface area contributed by atoms with Crippen molar-refractivity contribution in [1.29, 1.82) is 0 Å². The lowest BCUT2D eigenvalue weighted by molar-refractivity contribution is -0.123. The van der Waals surface area contributed by atoms with E-state index in [0.717, 1.165) is 16.8 Å². The maximum Gasteiger partial charge on any atom is 0.258 e. The maximum atomic E-state index is 12.1. The molecule has 6 nitrogen and oxygen atoms in total. The van der Waals surface area contributed by atoms with Gasteiger partial charge in [-0.05, 0) is 63.5 Å². The Morgan fingerprint density at radius 3 is 2.58 bits per heavy atom. The van der Waals surface area contributed by atoms with E-state index in [1.165, 1.54) is 7.11 Å². The van der Waals surface area contributed by atoms with Gasteiger partial charge in [0, 0.05) is 11.6 Å². The van der Waals surface area contributed by atoms with Crippen LogP contribution in [0.15, 0.2) is 76.3 Å². The second kappa shape index (κ2) is 11.4. The van der Waals surface area contributed by atoms with Gasteiger partial charge < -0.3 is 14.8 Å². The van der Waals surface area contributed by atoms with E-state index in [1.54, 1.807) is 24.4 Å². The lowest BCUT2D eigenvalue weighted by Crippen LogP contribution is -2.28. The summed E-state index contributed by atoms with van der Waals surface area (Å²) >= 11 is 9.35. The molecule has 3 aromatic carbocycles. The highest BCUT2D eigenvalue weighted by Crippen LogP contribution is 2.36. The molecule has 0 bridgehead atoms. The van der Waals surface area contributed by atoms with Gasteiger partial charge in [-0.15, -0.1) is 0 Å². The zero-order valence-electron chi connectivity index (χ0n) is 16.8. The van der Waals surface area contributed by atoms with Crippen molar-refractivity contribution < 1.29 is 14.3 Å². The number of amides is 1. The highest BCUT2D eigenvalue weighted by molar-refractivity contribution is 9.10. The Morgan fingerprint density at radius 2 is 1.87 bits per heavy atom. The van der Waals surface area contributed by atoms with Crippen molar-refractivity contribution in [2.24, 2.45) is 5.10 Å². The van der Waals surface area contributed by atoms with Crippen LogP contribution in [0.25, 0.3) is 0 Å². The van der Waals surface area contributed by atoms with Crippen molar-refractivity contribution in [3.63, 3.8) is 0 Å². The molecule has 3 aromatic rings. The van der Waals surface area contributed by atoms with Gasteiger partial charge in [-0.1, -0.05) is 41.9 Å². The fourth-order valence-corrected chi connectivity index (χ4v) is 3.35. The van der Waals surface area contributed by atoms with E-state index in [1.807, 2.05) is 48.5 Å². The Labute approximate surface area is 194 Å². The fourth-order valence-electron chi connectivity index (χ4n) is 2.65. The van der Waals surface area contributed by atoms with E-state index < -0.39 is 0 Å². The smallest absolute Gasteiger partial charge is 0.258 e. The number of methoxy groups -OCH3 is 1. The quantitative estimate of drug-likeness (QED) is 0.310. The number of carbonyl (C=O) groups excluding carboxylic acids is 1. The molecule has 0 aliphatic heterocycles. The number of nitrogens with one attached hydrogen (secondary N) is 2. The average Bonchev–Trinajstić information content (AvgIpc) is 2.78. The lowest BCUT2D eigenvalue weighted by atomic mass is 10.2. The largest absolute Gasteiger partial charge is 0.493 e. The molecule has 0 atom stereocenters. The molecule has 0 unspecified atom stereocenters. The molecule has 0 saturated carbocycles. The molecule has 0 fully saturated rings. The summed E-state index contributed by atoms with van der Waals surface area (Å²) in [6.45, 7) is 0.310. The molecule has 3 rings (SSSR count). The maximum absolute atomic E-state index is 12.1. The predicted molar refractivity (Wildman–Crippen MR) is 127 cm³/mol. The second-order valence-electron chi connectivity index (χ2n) is 6.46.